The first-order valence-corrected chi connectivity index (χ1v) is 4.66. The lowest BCUT2D eigenvalue weighted by atomic mass is 10.0. The molecule has 1 fully saturated rings. The van der Waals surface area contributed by atoms with E-state index in [1.807, 2.05) is 0 Å². The van der Waals surface area contributed by atoms with Crippen molar-refractivity contribution in [3.05, 3.63) is 0 Å². The molecule has 3 nitrogen and oxygen atoms in total. The lowest BCUT2D eigenvalue weighted by Gasteiger charge is -2.37. The summed E-state index contributed by atoms with van der Waals surface area (Å²) in [7, 11) is 0.943. The summed E-state index contributed by atoms with van der Waals surface area (Å²) in [5, 5.41) is 2.66. The van der Waals surface area contributed by atoms with Gasteiger partial charge in [-0.2, -0.15) is 26.3 Å². The zero-order chi connectivity index (χ0) is 13.4. The maximum atomic E-state index is 12.2. The minimum absolute atomic E-state index is 0.199. The van der Waals surface area contributed by atoms with Gasteiger partial charge in [0.25, 0.3) is 0 Å². The molecule has 1 rings (SSSR count). The van der Waals surface area contributed by atoms with Gasteiger partial charge in [0.2, 0.25) is 11.8 Å². The maximum absolute atomic E-state index is 12.2. The Morgan fingerprint density at radius 3 is 1.82 bits per heavy atom. The molecular formula is C8H10F6N2O. The molecule has 1 N–H and O–H groups in total. The minimum atomic E-state index is -5.62. The van der Waals surface area contributed by atoms with Crippen molar-refractivity contribution >= 4 is 5.91 Å². The number of amides is 1. The molecule has 9 heteroatoms. The number of carbonyl (C=O) groups excluding carboxylic acids is 1. The van der Waals surface area contributed by atoms with Crippen molar-refractivity contribution in [3.63, 3.8) is 0 Å². The van der Waals surface area contributed by atoms with Crippen molar-refractivity contribution in [1.29, 1.82) is 0 Å². The molecule has 0 aromatic carbocycles. The van der Waals surface area contributed by atoms with E-state index in [1.165, 1.54) is 0 Å². The van der Waals surface area contributed by atoms with E-state index in [9.17, 15) is 31.1 Å². The summed E-state index contributed by atoms with van der Waals surface area (Å²) in [6, 6.07) is -0.616. The summed E-state index contributed by atoms with van der Waals surface area (Å²) in [4.78, 5) is 11.7. The second-order valence-corrected chi connectivity index (χ2v) is 3.78. The molecule has 100 valence electrons. The van der Waals surface area contributed by atoms with Crippen molar-refractivity contribution in [2.75, 3.05) is 20.1 Å². The molecule has 1 amide bonds. The van der Waals surface area contributed by atoms with Crippen LogP contribution in [0.3, 0.4) is 0 Å². The molecule has 1 aliphatic rings. The Morgan fingerprint density at radius 2 is 1.59 bits per heavy atom. The van der Waals surface area contributed by atoms with Crippen molar-refractivity contribution in [2.45, 2.75) is 18.4 Å². The zero-order valence-corrected chi connectivity index (χ0v) is 8.69. The van der Waals surface area contributed by atoms with Crippen molar-refractivity contribution in [2.24, 2.45) is 5.92 Å². The molecule has 0 aromatic rings. The Hall–Kier alpha value is -0.990. The van der Waals surface area contributed by atoms with Gasteiger partial charge in [-0.05, 0) is 0 Å². The van der Waals surface area contributed by atoms with Crippen LogP contribution >= 0.6 is 0 Å². The number of hydrogen-bond donors (Lipinski definition) is 1. The summed E-state index contributed by atoms with van der Waals surface area (Å²) >= 11 is 0. The monoisotopic (exact) mass is 264 g/mol. The molecular weight excluding hydrogens is 254 g/mol. The van der Waals surface area contributed by atoms with E-state index in [-0.39, 0.29) is 13.1 Å². The van der Waals surface area contributed by atoms with Gasteiger partial charge in [0.1, 0.15) is 0 Å². The summed E-state index contributed by atoms with van der Waals surface area (Å²) < 4.78 is 73.4. The van der Waals surface area contributed by atoms with Gasteiger partial charge >= 0.3 is 12.4 Å². The van der Waals surface area contributed by atoms with Crippen LogP contribution in [0.25, 0.3) is 0 Å². The topological polar surface area (TPSA) is 32.3 Å². The number of likely N-dealkylation sites (N-methyl/N-ethyl adjacent to an activating group) is 1. The molecule has 1 aliphatic heterocycles. The lowest BCUT2D eigenvalue weighted by Crippen LogP contribution is -2.60. The molecule has 0 aliphatic carbocycles. The third-order valence-corrected chi connectivity index (χ3v) is 2.56. The zero-order valence-electron chi connectivity index (χ0n) is 8.69. The van der Waals surface area contributed by atoms with E-state index >= 15 is 0 Å². The molecule has 0 bridgehead atoms. The Bertz CT molecular complexity index is 281. The Balaban J connectivity index is 2.87. The molecule has 1 saturated heterocycles. The van der Waals surface area contributed by atoms with Gasteiger partial charge in [-0.15, -0.1) is 0 Å². The smallest absolute Gasteiger partial charge is 0.339 e. The number of nitrogens with one attached hydrogen (secondary N) is 1. The minimum Gasteiger partial charge on any atom is -0.339 e. The SMILES string of the molecule is CN(C(=O)C(C(F)(F)F)C(F)(F)F)C1CNC1. The third-order valence-electron chi connectivity index (χ3n) is 2.56. The fraction of sp³-hybridized carbons (Fsp3) is 0.875. The standard InChI is InChI=1S/C8H10F6N2O/c1-16(4-2-15-3-4)6(17)5(7(9,10)11)8(12,13)14/h4-5,15H,2-3H2,1H3. The Kier molecular flexibility index (Phi) is 3.60. The third kappa shape index (κ3) is 3.02. The van der Waals surface area contributed by atoms with Crippen LogP contribution in [0.5, 0.6) is 0 Å². The van der Waals surface area contributed by atoms with Gasteiger partial charge in [-0.1, -0.05) is 0 Å². The number of rotatable bonds is 2. The van der Waals surface area contributed by atoms with Crippen LogP contribution in [0, 0.1) is 5.92 Å². The fourth-order valence-electron chi connectivity index (χ4n) is 1.40. The normalized spacial score (nSPS) is 18.1. The van der Waals surface area contributed by atoms with E-state index in [0.717, 1.165) is 7.05 Å². The van der Waals surface area contributed by atoms with Crippen LogP contribution in [0.15, 0.2) is 0 Å². The average Bonchev–Trinajstić information content (AvgIpc) is 1.94. The summed E-state index contributed by atoms with van der Waals surface area (Å²) in [6.07, 6.45) is -11.2. The quantitative estimate of drug-likeness (QED) is 0.759. The Labute approximate surface area is 92.8 Å². The predicted octanol–water partition coefficient (Wildman–Crippen LogP) is 1.16. The van der Waals surface area contributed by atoms with Crippen LogP contribution in [0.1, 0.15) is 0 Å². The molecule has 0 spiro atoms. The van der Waals surface area contributed by atoms with Gasteiger partial charge < -0.3 is 10.2 Å². The fourth-order valence-corrected chi connectivity index (χ4v) is 1.40. The predicted molar refractivity (Wildman–Crippen MR) is 45.0 cm³/mol. The molecule has 0 aromatic heterocycles. The van der Waals surface area contributed by atoms with Gasteiger partial charge in [0.15, 0.2) is 0 Å². The van der Waals surface area contributed by atoms with E-state index < -0.39 is 30.2 Å². The average molecular weight is 264 g/mol. The highest BCUT2D eigenvalue weighted by molar-refractivity contribution is 5.80. The van der Waals surface area contributed by atoms with Gasteiger partial charge in [-0.25, -0.2) is 0 Å². The van der Waals surface area contributed by atoms with Crippen LogP contribution in [0.2, 0.25) is 0 Å². The number of hydrogen-bond acceptors (Lipinski definition) is 2. The number of alkyl halides is 6. The van der Waals surface area contributed by atoms with Gasteiger partial charge in [-0.3, -0.25) is 4.79 Å². The second kappa shape index (κ2) is 4.35. The molecule has 0 unspecified atom stereocenters. The van der Waals surface area contributed by atoms with Gasteiger partial charge in [0, 0.05) is 20.1 Å². The van der Waals surface area contributed by atoms with E-state index in [4.69, 9.17) is 0 Å². The molecule has 0 radical (unpaired) electrons. The summed E-state index contributed by atoms with van der Waals surface area (Å²) in [5.41, 5.74) is 0. The highest BCUT2D eigenvalue weighted by atomic mass is 19.4. The first-order chi connectivity index (χ1) is 7.55. The highest BCUT2D eigenvalue weighted by Crippen LogP contribution is 2.40. The highest BCUT2D eigenvalue weighted by Gasteiger charge is 2.62. The van der Waals surface area contributed by atoms with Crippen LogP contribution < -0.4 is 5.32 Å². The molecule has 0 atom stereocenters. The molecule has 0 saturated carbocycles. The summed E-state index contributed by atoms with van der Waals surface area (Å²) in [5.74, 6) is -5.91. The van der Waals surface area contributed by atoms with E-state index in [1.54, 1.807) is 0 Å². The van der Waals surface area contributed by atoms with Crippen LogP contribution in [-0.4, -0.2) is 49.3 Å². The lowest BCUT2D eigenvalue weighted by molar-refractivity contribution is -0.278. The van der Waals surface area contributed by atoms with Crippen molar-refractivity contribution in [3.8, 4) is 0 Å². The Morgan fingerprint density at radius 1 is 1.18 bits per heavy atom. The first kappa shape index (κ1) is 14.1. The summed E-state index contributed by atoms with van der Waals surface area (Å²) in [6.45, 7) is 0.398. The van der Waals surface area contributed by atoms with Crippen LogP contribution in [-0.2, 0) is 4.79 Å². The van der Waals surface area contributed by atoms with E-state index in [2.05, 4.69) is 5.32 Å². The number of carbonyl (C=O) groups is 1. The number of nitrogens with zero attached hydrogens (tertiary/aromatic N) is 1. The molecule has 17 heavy (non-hydrogen) atoms. The molecule has 1 heterocycles. The van der Waals surface area contributed by atoms with Gasteiger partial charge in [0.05, 0.1) is 6.04 Å². The van der Waals surface area contributed by atoms with Crippen molar-refractivity contribution < 1.29 is 31.1 Å². The number of halogens is 6. The second-order valence-electron chi connectivity index (χ2n) is 3.78. The van der Waals surface area contributed by atoms with Crippen molar-refractivity contribution in [1.82, 2.24) is 10.2 Å². The van der Waals surface area contributed by atoms with E-state index in [0.29, 0.717) is 4.90 Å². The first-order valence-electron chi connectivity index (χ1n) is 4.66. The largest absolute Gasteiger partial charge is 0.409 e. The van der Waals surface area contributed by atoms with Crippen LogP contribution in [0.4, 0.5) is 26.3 Å². The maximum Gasteiger partial charge on any atom is 0.409 e.